The van der Waals surface area contributed by atoms with Gasteiger partial charge in [-0.15, -0.1) is 0 Å². The van der Waals surface area contributed by atoms with Gasteiger partial charge in [-0.1, -0.05) is 18.5 Å². The van der Waals surface area contributed by atoms with Crippen LogP contribution >= 0.6 is 11.6 Å². The Hall–Kier alpha value is -1.06. The molecular weight excluding hydrogens is 236 g/mol. The quantitative estimate of drug-likeness (QED) is 0.760. The molecule has 0 saturated carbocycles. The highest BCUT2D eigenvalue weighted by molar-refractivity contribution is 6.25. The van der Waals surface area contributed by atoms with Crippen molar-refractivity contribution in [1.82, 2.24) is 10.3 Å². The standard InChI is InChI=1S/C13H19ClN2O/c1-3-6-15-8-12-4-5-13(9-16-12)17-10-11(2)7-14/h4-5,7,9,15H,3,6,8,10H2,1-2H3/b11-7+. The van der Waals surface area contributed by atoms with Crippen LogP contribution < -0.4 is 10.1 Å². The molecule has 1 rings (SSSR count). The molecule has 0 spiro atoms. The Bertz CT molecular complexity index is 349. The van der Waals surface area contributed by atoms with Crippen molar-refractivity contribution >= 4 is 11.6 Å². The van der Waals surface area contributed by atoms with E-state index in [0.29, 0.717) is 6.61 Å². The minimum Gasteiger partial charge on any atom is -0.488 e. The number of nitrogens with zero attached hydrogens (tertiary/aromatic N) is 1. The molecule has 4 heteroatoms. The maximum Gasteiger partial charge on any atom is 0.138 e. The second kappa shape index (κ2) is 8.09. The van der Waals surface area contributed by atoms with E-state index in [2.05, 4.69) is 17.2 Å². The maximum absolute atomic E-state index is 5.55. The van der Waals surface area contributed by atoms with E-state index < -0.39 is 0 Å². The van der Waals surface area contributed by atoms with Gasteiger partial charge in [0.25, 0.3) is 0 Å². The van der Waals surface area contributed by atoms with Crippen molar-refractivity contribution in [3.05, 3.63) is 35.1 Å². The number of pyridine rings is 1. The van der Waals surface area contributed by atoms with Gasteiger partial charge in [0.15, 0.2) is 0 Å². The zero-order valence-corrected chi connectivity index (χ0v) is 11.1. The van der Waals surface area contributed by atoms with Gasteiger partial charge in [-0.2, -0.15) is 0 Å². The molecule has 0 aliphatic carbocycles. The number of nitrogens with one attached hydrogen (secondary N) is 1. The fraction of sp³-hybridized carbons (Fsp3) is 0.462. The van der Waals surface area contributed by atoms with Gasteiger partial charge in [0.1, 0.15) is 12.4 Å². The highest BCUT2D eigenvalue weighted by atomic mass is 35.5. The van der Waals surface area contributed by atoms with Gasteiger partial charge in [0.2, 0.25) is 0 Å². The Morgan fingerprint density at radius 1 is 1.53 bits per heavy atom. The molecule has 94 valence electrons. The molecule has 0 amide bonds. The topological polar surface area (TPSA) is 34.1 Å². The highest BCUT2D eigenvalue weighted by Gasteiger charge is 1.97. The summed E-state index contributed by atoms with van der Waals surface area (Å²) in [5, 5.41) is 3.30. The Labute approximate surface area is 108 Å². The van der Waals surface area contributed by atoms with Crippen LogP contribution in [0.4, 0.5) is 0 Å². The van der Waals surface area contributed by atoms with E-state index in [1.165, 1.54) is 5.54 Å². The van der Waals surface area contributed by atoms with Crippen LogP contribution in [0.1, 0.15) is 26.0 Å². The second-order valence-electron chi connectivity index (χ2n) is 3.91. The molecule has 1 N–H and O–H groups in total. The van der Waals surface area contributed by atoms with Crippen molar-refractivity contribution in [2.45, 2.75) is 26.8 Å². The van der Waals surface area contributed by atoms with Crippen LogP contribution in [0.3, 0.4) is 0 Å². The molecule has 1 aromatic heterocycles. The van der Waals surface area contributed by atoms with Crippen LogP contribution in [0, 0.1) is 0 Å². The fourth-order valence-electron chi connectivity index (χ4n) is 1.22. The van der Waals surface area contributed by atoms with Crippen LogP contribution in [0.2, 0.25) is 0 Å². The molecule has 0 saturated heterocycles. The summed E-state index contributed by atoms with van der Waals surface area (Å²) in [7, 11) is 0. The number of ether oxygens (including phenoxy) is 1. The van der Waals surface area contributed by atoms with Crippen LogP contribution in [0.5, 0.6) is 5.75 Å². The predicted octanol–water partition coefficient (Wildman–Crippen LogP) is 3.10. The summed E-state index contributed by atoms with van der Waals surface area (Å²) in [6, 6.07) is 3.90. The van der Waals surface area contributed by atoms with Crippen molar-refractivity contribution in [3.63, 3.8) is 0 Å². The first-order chi connectivity index (χ1) is 8.26. The SMILES string of the molecule is CCCNCc1ccc(OC/C(C)=C/Cl)cn1. The molecule has 0 aliphatic heterocycles. The molecule has 3 nitrogen and oxygen atoms in total. The van der Waals surface area contributed by atoms with E-state index in [4.69, 9.17) is 16.3 Å². The monoisotopic (exact) mass is 254 g/mol. The van der Waals surface area contributed by atoms with E-state index in [-0.39, 0.29) is 0 Å². The predicted molar refractivity (Wildman–Crippen MR) is 71.3 cm³/mol. The molecule has 1 heterocycles. The summed E-state index contributed by atoms with van der Waals surface area (Å²) in [5.41, 5.74) is 3.53. The van der Waals surface area contributed by atoms with Gasteiger partial charge in [0, 0.05) is 12.1 Å². The average molecular weight is 255 g/mol. The minimum atomic E-state index is 0.499. The lowest BCUT2D eigenvalue weighted by Crippen LogP contribution is -2.14. The van der Waals surface area contributed by atoms with Gasteiger partial charge >= 0.3 is 0 Å². The Balaban J connectivity index is 2.39. The molecule has 1 aromatic rings. The molecule has 17 heavy (non-hydrogen) atoms. The number of aromatic nitrogens is 1. The first kappa shape index (κ1) is 14.0. The van der Waals surface area contributed by atoms with Crippen molar-refractivity contribution < 1.29 is 4.74 Å². The molecule has 0 radical (unpaired) electrons. The average Bonchev–Trinajstić information content (AvgIpc) is 2.37. The largest absolute Gasteiger partial charge is 0.488 e. The Morgan fingerprint density at radius 2 is 2.35 bits per heavy atom. The highest BCUT2D eigenvalue weighted by Crippen LogP contribution is 2.10. The van der Waals surface area contributed by atoms with Crippen LogP contribution in [-0.2, 0) is 6.54 Å². The maximum atomic E-state index is 5.55. The normalized spacial score (nSPS) is 11.6. The summed E-state index contributed by atoms with van der Waals surface area (Å²) in [6.07, 6.45) is 2.87. The smallest absolute Gasteiger partial charge is 0.138 e. The summed E-state index contributed by atoms with van der Waals surface area (Å²) >= 11 is 5.55. The third kappa shape index (κ3) is 5.71. The van der Waals surface area contributed by atoms with E-state index in [1.807, 2.05) is 19.1 Å². The Kier molecular flexibility index (Phi) is 6.67. The van der Waals surface area contributed by atoms with Gasteiger partial charge in [-0.05, 0) is 37.6 Å². The first-order valence-corrected chi connectivity index (χ1v) is 6.24. The lowest BCUT2D eigenvalue weighted by molar-refractivity contribution is 0.350. The number of halogens is 1. The number of hydrogen-bond donors (Lipinski definition) is 1. The number of rotatable bonds is 7. The van der Waals surface area contributed by atoms with Gasteiger partial charge in [-0.25, -0.2) is 0 Å². The minimum absolute atomic E-state index is 0.499. The third-order valence-electron chi connectivity index (χ3n) is 2.18. The molecule has 0 aromatic carbocycles. The third-order valence-corrected chi connectivity index (χ3v) is 2.56. The fourth-order valence-corrected chi connectivity index (χ4v) is 1.29. The lowest BCUT2D eigenvalue weighted by atomic mass is 10.3. The van der Waals surface area contributed by atoms with E-state index in [1.54, 1.807) is 6.20 Å². The lowest BCUT2D eigenvalue weighted by Gasteiger charge is -2.07. The van der Waals surface area contributed by atoms with Crippen LogP contribution in [0.15, 0.2) is 29.4 Å². The van der Waals surface area contributed by atoms with Crippen LogP contribution in [-0.4, -0.2) is 18.1 Å². The number of hydrogen-bond acceptors (Lipinski definition) is 3. The zero-order chi connectivity index (χ0) is 12.5. The zero-order valence-electron chi connectivity index (χ0n) is 10.4. The Morgan fingerprint density at radius 3 is 2.94 bits per heavy atom. The van der Waals surface area contributed by atoms with E-state index >= 15 is 0 Å². The summed E-state index contributed by atoms with van der Waals surface area (Å²) in [6.45, 7) is 6.38. The molecule has 0 bridgehead atoms. The molecular formula is C13H19ClN2O. The van der Waals surface area contributed by atoms with Crippen molar-refractivity contribution in [2.24, 2.45) is 0 Å². The summed E-state index contributed by atoms with van der Waals surface area (Å²) in [5.74, 6) is 0.766. The molecule has 0 atom stereocenters. The summed E-state index contributed by atoms with van der Waals surface area (Å²) < 4.78 is 5.50. The van der Waals surface area contributed by atoms with Crippen molar-refractivity contribution in [3.8, 4) is 5.75 Å². The second-order valence-corrected chi connectivity index (χ2v) is 4.12. The summed E-state index contributed by atoms with van der Waals surface area (Å²) in [4.78, 5) is 4.31. The van der Waals surface area contributed by atoms with E-state index in [0.717, 1.165) is 36.5 Å². The van der Waals surface area contributed by atoms with E-state index in [9.17, 15) is 0 Å². The van der Waals surface area contributed by atoms with Crippen molar-refractivity contribution in [1.29, 1.82) is 0 Å². The van der Waals surface area contributed by atoms with Gasteiger partial charge in [-0.3, -0.25) is 4.98 Å². The van der Waals surface area contributed by atoms with Gasteiger partial charge < -0.3 is 10.1 Å². The molecule has 0 fully saturated rings. The van der Waals surface area contributed by atoms with Crippen molar-refractivity contribution in [2.75, 3.05) is 13.2 Å². The molecule has 0 aliphatic rings. The van der Waals surface area contributed by atoms with Gasteiger partial charge in [0.05, 0.1) is 11.9 Å². The first-order valence-electron chi connectivity index (χ1n) is 5.80. The molecule has 0 unspecified atom stereocenters. The van der Waals surface area contributed by atoms with Crippen LogP contribution in [0.25, 0.3) is 0 Å².